The number of halogens is 1. The molecule has 3 aromatic rings. The van der Waals surface area contributed by atoms with E-state index < -0.39 is 0 Å². The van der Waals surface area contributed by atoms with Crippen molar-refractivity contribution in [3.63, 3.8) is 0 Å². The van der Waals surface area contributed by atoms with Gasteiger partial charge in [-0.2, -0.15) is 0 Å². The van der Waals surface area contributed by atoms with Crippen LogP contribution in [0, 0.1) is 6.92 Å². The van der Waals surface area contributed by atoms with Gasteiger partial charge < -0.3 is 15.0 Å². The SMILES string of the molecule is Cc1ccc(Cn2cc(CO)nc2SCC(=O)Nc2cccc(Cl)c2)cc1. The number of hydrogen-bond acceptors (Lipinski definition) is 4. The number of nitrogens with one attached hydrogen (secondary N) is 1. The number of anilines is 1. The number of benzene rings is 2. The first-order valence-electron chi connectivity index (χ1n) is 8.44. The molecule has 27 heavy (non-hydrogen) atoms. The van der Waals surface area contributed by atoms with E-state index in [1.54, 1.807) is 24.3 Å². The average molecular weight is 402 g/mol. The Balaban J connectivity index is 1.66. The van der Waals surface area contributed by atoms with Gasteiger partial charge in [0, 0.05) is 23.5 Å². The zero-order chi connectivity index (χ0) is 19.2. The maximum atomic E-state index is 12.2. The Morgan fingerprint density at radius 3 is 2.74 bits per heavy atom. The number of carbonyl (C=O) groups excluding carboxylic acids is 1. The van der Waals surface area contributed by atoms with Crippen molar-refractivity contribution in [2.24, 2.45) is 0 Å². The van der Waals surface area contributed by atoms with Crippen LogP contribution in [0.1, 0.15) is 16.8 Å². The molecule has 0 aliphatic carbocycles. The van der Waals surface area contributed by atoms with E-state index in [0.29, 0.717) is 28.1 Å². The van der Waals surface area contributed by atoms with Crippen molar-refractivity contribution in [2.75, 3.05) is 11.1 Å². The number of nitrogens with zero attached hydrogens (tertiary/aromatic N) is 2. The molecule has 0 unspecified atom stereocenters. The number of aromatic nitrogens is 2. The van der Waals surface area contributed by atoms with Crippen molar-refractivity contribution in [1.29, 1.82) is 0 Å². The summed E-state index contributed by atoms with van der Waals surface area (Å²) < 4.78 is 1.95. The third kappa shape index (κ3) is 5.60. The Morgan fingerprint density at radius 1 is 1.26 bits per heavy atom. The minimum atomic E-state index is -0.141. The lowest BCUT2D eigenvalue weighted by molar-refractivity contribution is -0.113. The highest BCUT2D eigenvalue weighted by molar-refractivity contribution is 7.99. The molecule has 140 valence electrons. The van der Waals surface area contributed by atoms with Gasteiger partial charge in [-0.05, 0) is 30.7 Å². The Labute approximate surface area is 167 Å². The summed E-state index contributed by atoms with van der Waals surface area (Å²) in [5.41, 5.74) is 3.58. The number of aliphatic hydroxyl groups is 1. The van der Waals surface area contributed by atoms with Crippen molar-refractivity contribution >= 4 is 35.0 Å². The zero-order valence-corrected chi connectivity index (χ0v) is 16.4. The van der Waals surface area contributed by atoms with Gasteiger partial charge in [-0.1, -0.05) is 59.3 Å². The largest absolute Gasteiger partial charge is 0.390 e. The Morgan fingerprint density at radius 2 is 2.04 bits per heavy atom. The van der Waals surface area contributed by atoms with Gasteiger partial charge in [0.15, 0.2) is 5.16 Å². The highest BCUT2D eigenvalue weighted by atomic mass is 35.5. The van der Waals surface area contributed by atoms with E-state index in [2.05, 4.69) is 34.6 Å². The fourth-order valence-corrected chi connectivity index (χ4v) is 3.53. The molecule has 0 atom stereocenters. The predicted molar refractivity (Wildman–Crippen MR) is 109 cm³/mol. The number of aryl methyl sites for hydroxylation is 1. The summed E-state index contributed by atoms with van der Waals surface area (Å²) in [6, 6.07) is 15.3. The first-order chi connectivity index (χ1) is 13.0. The molecule has 1 amide bonds. The number of hydrogen-bond donors (Lipinski definition) is 2. The smallest absolute Gasteiger partial charge is 0.234 e. The second kappa shape index (κ2) is 9.08. The molecular weight excluding hydrogens is 382 g/mol. The molecule has 0 fully saturated rings. The maximum Gasteiger partial charge on any atom is 0.234 e. The molecule has 0 saturated heterocycles. The molecule has 0 bridgehead atoms. The van der Waals surface area contributed by atoms with Gasteiger partial charge in [0.25, 0.3) is 0 Å². The Kier molecular flexibility index (Phi) is 6.55. The summed E-state index contributed by atoms with van der Waals surface area (Å²) >= 11 is 7.27. The number of carbonyl (C=O) groups is 1. The number of aliphatic hydroxyl groups excluding tert-OH is 1. The Bertz CT molecular complexity index is 925. The lowest BCUT2D eigenvalue weighted by atomic mass is 10.1. The molecule has 0 saturated carbocycles. The summed E-state index contributed by atoms with van der Waals surface area (Å²) in [4.78, 5) is 16.6. The summed E-state index contributed by atoms with van der Waals surface area (Å²) in [7, 11) is 0. The molecule has 0 aliphatic rings. The number of thioether (sulfide) groups is 1. The van der Waals surface area contributed by atoms with E-state index in [9.17, 15) is 9.90 Å². The molecule has 1 aromatic heterocycles. The zero-order valence-electron chi connectivity index (χ0n) is 14.9. The summed E-state index contributed by atoms with van der Waals surface area (Å²) in [5.74, 6) is 0.0696. The van der Waals surface area contributed by atoms with Gasteiger partial charge in [0.05, 0.1) is 18.1 Å². The topological polar surface area (TPSA) is 67.1 Å². The summed E-state index contributed by atoms with van der Waals surface area (Å²) in [6.45, 7) is 2.54. The standard InChI is InChI=1S/C20H20ClN3O2S/c1-14-5-7-15(8-6-14)10-24-11-18(12-25)23-20(24)27-13-19(26)22-17-4-2-3-16(21)9-17/h2-9,11,25H,10,12-13H2,1H3,(H,22,26). The van der Waals surface area contributed by atoms with Gasteiger partial charge in [-0.25, -0.2) is 4.98 Å². The molecule has 2 aromatic carbocycles. The van der Waals surface area contributed by atoms with Gasteiger partial charge in [-0.15, -0.1) is 0 Å². The lowest BCUT2D eigenvalue weighted by Gasteiger charge is -2.08. The first kappa shape index (κ1) is 19.5. The van der Waals surface area contributed by atoms with Crippen LogP contribution in [-0.4, -0.2) is 26.3 Å². The second-order valence-electron chi connectivity index (χ2n) is 6.13. The van der Waals surface area contributed by atoms with E-state index in [4.69, 9.17) is 11.6 Å². The third-order valence-electron chi connectivity index (χ3n) is 3.87. The van der Waals surface area contributed by atoms with Gasteiger partial charge in [0.1, 0.15) is 0 Å². The number of amides is 1. The normalized spacial score (nSPS) is 10.8. The second-order valence-corrected chi connectivity index (χ2v) is 7.51. The van der Waals surface area contributed by atoms with Crippen molar-refractivity contribution in [3.05, 3.63) is 76.6 Å². The maximum absolute atomic E-state index is 12.2. The fourth-order valence-electron chi connectivity index (χ4n) is 2.54. The number of imidazole rings is 1. The molecule has 7 heteroatoms. The molecule has 3 rings (SSSR count). The monoisotopic (exact) mass is 401 g/mol. The van der Waals surface area contributed by atoms with Crippen LogP contribution in [0.5, 0.6) is 0 Å². The average Bonchev–Trinajstić information content (AvgIpc) is 3.04. The molecule has 0 spiro atoms. The first-order valence-corrected chi connectivity index (χ1v) is 9.80. The van der Waals surface area contributed by atoms with Crippen molar-refractivity contribution < 1.29 is 9.90 Å². The van der Waals surface area contributed by atoms with Crippen LogP contribution in [0.25, 0.3) is 0 Å². The predicted octanol–water partition coefficient (Wildman–Crippen LogP) is 4.12. The van der Waals surface area contributed by atoms with Gasteiger partial charge >= 0.3 is 0 Å². The summed E-state index contributed by atoms with van der Waals surface area (Å²) in [6.07, 6.45) is 1.82. The highest BCUT2D eigenvalue weighted by Gasteiger charge is 2.12. The molecule has 0 aliphatic heterocycles. The van der Waals surface area contributed by atoms with E-state index in [1.807, 2.05) is 17.7 Å². The molecule has 5 nitrogen and oxygen atoms in total. The van der Waals surface area contributed by atoms with E-state index in [0.717, 1.165) is 5.56 Å². The van der Waals surface area contributed by atoms with Crippen molar-refractivity contribution in [1.82, 2.24) is 9.55 Å². The van der Waals surface area contributed by atoms with Gasteiger partial charge in [-0.3, -0.25) is 4.79 Å². The van der Waals surface area contributed by atoms with Crippen molar-refractivity contribution in [2.45, 2.75) is 25.2 Å². The van der Waals surface area contributed by atoms with Crippen LogP contribution < -0.4 is 5.32 Å². The third-order valence-corrected chi connectivity index (χ3v) is 5.09. The lowest BCUT2D eigenvalue weighted by Crippen LogP contribution is -2.14. The number of rotatable bonds is 7. The molecule has 2 N–H and O–H groups in total. The highest BCUT2D eigenvalue weighted by Crippen LogP contribution is 2.21. The minimum absolute atomic E-state index is 0.136. The van der Waals surface area contributed by atoms with Crippen LogP contribution in [-0.2, 0) is 17.9 Å². The van der Waals surface area contributed by atoms with E-state index in [1.165, 1.54) is 17.3 Å². The minimum Gasteiger partial charge on any atom is -0.390 e. The molecule has 1 heterocycles. The van der Waals surface area contributed by atoms with Crippen LogP contribution >= 0.6 is 23.4 Å². The van der Waals surface area contributed by atoms with E-state index >= 15 is 0 Å². The summed E-state index contributed by atoms with van der Waals surface area (Å²) in [5, 5.41) is 13.5. The quantitative estimate of drug-likeness (QED) is 0.584. The molecular formula is C20H20ClN3O2S. The van der Waals surface area contributed by atoms with Gasteiger partial charge in [0.2, 0.25) is 5.91 Å². The Hall–Kier alpha value is -2.28. The van der Waals surface area contributed by atoms with Crippen LogP contribution in [0.3, 0.4) is 0 Å². The molecule has 0 radical (unpaired) electrons. The van der Waals surface area contributed by atoms with Crippen LogP contribution in [0.4, 0.5) is 5.69 Å². The van der Waals surface area contributed by atoms with E-state index in [-0.39, 0.29) is 18.3 Å². The fraction of sp³-hybridized carbons (Fsp3) is 0.200. The van der Waals surface area contributed by atoms with Crippen molar-refractivity contribution in [3.8, 4) is 0 Å². The van der Waals surface area contributed by atoms with Crippen LogP contribution in [0.15, 0.2) is 59.9 Å². The van der Waals surface area contributed by atoms with Crippen LogP contribution in [0.2, 0.25) is 5.02 Å².